The lowest BCUT2D eigenvalue weighted by atomic mass is 10.1. The largest absolute Gasteiger partial charge is 0.481 e. The van der Waals surface area contributed by atoms with E-state index < -0.39 is 7.60 Å². The molecule has 1 atom stereocenters. The first-order valence-corrected chi connectivity index (χ1v) is 9.06. The lowest BCUT2D eigenvalue weighted by molar-refractivity contribution is 0.0118. The fraction of sp³-hybridized carbons (Fsp3) is 0.538. The summed E-state index contributed by atoms with van der Waals surface area (Å²) in [6.07, 6.45) is -0.0957. The summed E-state index contributed by atoms with van der Waals surface area (Å²) in [7, 11) is 0.316. The molecule has 0 bridgehead atoms. The minimum absolute atomic E-state index is 0.0957. The fourth-order valence-corrected chi connectivity index (χ4v) is 3.19. The minimum Gasteiger partial charge on any atom is -0.481 e. The molecule has 22 heavy (non-hydrogen) atoms. The number of ether oxygens (including phenoxy) is 1. The van der Waals surface area contributed by atoms with E-state index in [4.69, 9.17) is 18.5 Å². The van der Waals surface area contributed by atoms with E-state index in [1.54, 1.807) is 26.9 Å². The Hall–Kier alpha value is -0.780. The molecular weight excluding hydrogens is 303 g/mol. The number of benzene rings is 1. The molecule has 1 aromatic rings. The topological polar surface area (TPSA) is 57.2 Å². The van der Waals surface area contributed by atoms with Crippen LogP contribution in [-0.4, -0.2) is 40.6 Å². The number of hydrogen-bond acceptors (Lipinski definition) is 6. The highest BCUT2D eigenvalue weighted by molar-refractivity contribution is 7.53. The second-order valence-electron chi connectivity index (χ2n) is 4.69. The molecule has 0 heterocycles. The first-order valence-electron chi connectivity index (χ1n) is 7.33. The molecule has 9 heteroatoms. The van der Waals surface area contributed by atoms with Gasteiger partial charge < -0.3 is 18.5 Å². The van der Waals surface area contributed by atoms with Crippen LogP contribution in [-0.2, 0) is 18.4 Å². The zero-order valence-electron chi connectivity index (χ0n) is 13.9. The molecule has 0 saturated heterocycles. The molecule has 0 spiro atoms. The van der Waals surface area contributed by atoms with E-state index in [1.807, 2.05) is 39.2 Å². The van der Waals surface area contributed by atoms with Crippen LogP contribution in [0.3, 0.4) is 0 Å². The Morgan fingerprint density at radius 1 is 1.18 bits per heavy atom. The average molecular weight is 327 g/mol. The molecule has 0 amide bonds. The van der Waals surface area contributed by atoms with Gasteiger partial charge in [-0.25, -0.2) is 0 Å². The Morgan fingerprint density at radius 2 is 1.73 bits per heavy atom. The molecule has 6 nitrogen and oxygen atoms in total. The van der Waals surface area contributed by atoms with Crippen LogP contribution in [0.1, 0.15) is 32.4 Å². The van der Waals surface area contributed by atoms with Crippen LogP contribution in [0.5, 0.6) is 5.75 Å². The van der Waals surface area contributed by atoms with Gasteiger partial charge in [0.05, 0.1) is 13.2 Å². The molecule has 0 saturated carbocycles. The van der Waals surface area contributed by atoms with Gasteiger partial charge in [-0.1, -0.05) is 12.1 Å². The SMILES string of the molecule is BON(B)C(C)c1ccc(OCP(=O)(OCC)OCC)cc1. The van der Waals surface area contributed by atoms with E-state index in [2.05, 4.69) is 0 Å². The molecule has 0 aliphatic rings. The van der Waals surface area contributed by atoms with Crippen molar-refractivity contribution in [1.82, 2.24) is 4.97 Å². The number of hydroxylamine groups is 1. The zero-order valence-corrected chi connectivity index (χ0v) is 14.8. The molecule has 0 fully saturated rings. The van der Waals surface area contributed by atoms with Gasteiger partial charge in [-0.15, -0.1) is 0 Å². The number of nitrogens with zero attached hydrogens (tertiary/aromatic N) is 1. The first-order chi connectivity index (χ1) is 10.5. The molecule has 122 valence electrons. The van der Waals surface area contributed by atoms with Crippen molar-refractivity contribution in [2.45, 2.75) is 26.8 Å². The minimum atomic E-state index is -3.19. The second-order valence-corrected chi connectivity index (χ2v) is 6.69. The number of hydrogen-bond donors (Lipinski definition) is 0. The van der Waals surface area contributed by atoms with Crippen molar-refractivity contribution in [3.63, 3.8) is 0 Å². The Labute approximate surface area is 134 Å². The van der Waals surface area contributed by atoms with Gasteiger partial charge in [0.2, 0.25) is 7.98 Å². The highest BCUT2D eigenvalue weighted by Crippen LogP contribution is 2.47. The quantitative estimate of drug-likeness (QED) is 0.370. The maximum Gasteiger partial charge on any atom is 0.367 e. The number of rotatable bonds is 10. The van der Waals surface area contributed by atoms with Gasteiger partial charge in [0, 0.05) is 6.04 Å². The van der Waals surface area contributed by atoms with Crippen molar-refractivity contribution < 1.29 is 23.1 Å². The van der Waals surface area contributed by atoms with Gasteiger partial charge in [0.1, 0.15) is 5.75 Å². The van der Waals surface area contributed by atoms with Gasteiger partial charge in [-0.2, -0.15) is 0 Å². The first kappa shape index (κ1) is 19.3. The van der Waals surface area contributed by atoms with Gasteiger partial charge in [0.25, 0.3) is 8.05 Å². The lowest BCUT2D eigenvalue weighted by Crippen LogP contribution is -2.23. The maximum absolute atomic E-state index is 12.3. The predicted octanol–water partition coefficient (Wildman–Crippen LogP) is 1.68. The van der Waals surface area contributed by atoms with Crippen LogP contribution in [0.2, 0.25) is 0 Å². The standard InChI is InChI=1S/C13H24B2NO5P/c1-4-19-22(17,20-5-2)10-18-13-8-6-12(7-9-13)11(3)16(14)21-15/h6-9,11H,4-5,10,14-15H2,1-3H3. The lowest BCUT2D eigenvalue weighted by Gasteiger charge is -2.24. The molecule has 1 aromatic carbocycles. The summed E-state index contributed by atoms with van der Waals surface area (Å²) in [5.41, 5.74) is 1.09. The van der Waals surface area contributed by atoms with Crippen molar-refractivity contribution in [2.24, 2.45) is 0 Å². The van der Waals surface area contributed by atoms with Crippen molar-refractivity contribution >= 4 is 23.6 Å². The van der Waals surface area contributed by atoms with E-state index in [0.717, 1.165) is 5.56 Å². The molecule has 0 N–H and O–H groups in total. The van der Waals surface area contributed by atoms with Crippen LogP contribution >= 0.6 is 7.60 Å². The average Bonchev–Trinajstić information content (AvgIpc) is 2.52. The molecule has 1 rings (SSSR count). The van der Waals surface area contributed by atoms with E-state index in [9.17, 15) is 4.57 Å². The monoisotopic (exact) mass is 327 g/mol. The van der Waals surface area contributed by atoms with Crippen molar-refractivity contribution in [3.8, 4) is 5.75 Å². The Balaban J connectivity index is 2.66. The summed E-state index contributed by atoms with van der Waals surface area (Å²) < 4.78 is 33.4. The van der Waals surface area contributed by atoms with E-state index >= 15 is 0 Å². The summed E-state index contributed by atoms with van der Waals surface area (Å²) in [6.45, 7) is 6.22. The summed E-state index contributed by atoms with van der Waals surface area (Å²) >= 11 is 0. The normalized spacial score (nSPS) is 13.3. The summed E-state index contributed by atoms with van der Waals surface area (Å²) in [5, 5.41) is 0. The van der Waals surface area contributed by atoms with Gasteiger partial charge in [-0.3, -0.25) is 9.54 Å². The van der Waals surface area contributed by atoms with Gasteiger partial charge in [0.15, 0.2) is 6.35 Å². The van der Waals surface area contributed by atoms with Crippen molar-refractivity contribution in [3.05, 3.63) is 29.8 Å². The van der Waals surface area contributed by atoms with Crippen LogP contribution in [0.4, 0.5) is 0 Å². The van der Waals surface area contributed by atoms with E-state index in [-0.39, 0.29) is 12.4 Å². The van der Waals surface area contributed by atoms with E-state index in [0.29, 0.717) is 19.0 Å². The Bertz CT molecular complexity index is 478. The Morgan fingerprint density at radius 3 is 2.18 bits per heavy atom. The summed E-state index contributed by atoms with van der Waals surface area (Å²) in [5.74, 6) is 0.621. The highest BCUT2D eigenvalue weighted by atomic mass is 31.2. The molecule has 0 aromatic heterocycles. The van der Waals surface area contributed by atoms with Crippen LogP contribution in [0, 0.1) is 0 Å². The zero-order chi connectivity index (χ0) is 16.6. The summed E-state index contributed by atoms with van der Waals surface area (Å²) in [6, 6.07) is 7.68. The Kier molecular flexibility index (Phi) is 8.21. The van der Waals surface area contributed by atoms with Crippen LogP contribution < -0.4 is 4.74 Å². The van der Waals surface area contributed by atoms with E-state index in [1.165, 1.54) is 0 Å². The predicted molar refractivity (Wildman–Crippen MR) is 91.2 cm³/mol. The smallest absolute Gasteiger partial charge is 0.367 e. The summed E-state index contributed by atoms with van der Waals surface area (Å²) in [4.78, 5) is 1.76. The van der Waals surface area contributed by atoms with Crippen molar-refractivity contribution in [1.29, 1.82) is 0 Å². The third-order valence-corrected chi connectivity index (χ3v) is 4.99. The van der Waals surface area contributed by atoms with Gasteiger partial charge in [-0.05, 0) is 38.5 Å². The third-order valence-electron chi connectivity index (χ3n) is 3.24. The maximum atomic E-state index is 12.3. The van der Waals surface area contributed by atoms with Crippen molar-refractivity contribution in [2.75, 3.05) is 19.6 Å². The highest BCUT2D eigenvalue weighted by Gasteiger charge is 2.24. The van der Waals surface area contributed by atoms with Crippen LogP contribution in [0.15, 0.2) is 24.3 Å². The second kappa shape index (κ2) is 9.38. The van der Waals surface area contributed by atoms with Gasteiger partial charge >= 0.3 is 7.60 Å². The van der Waals surface area contributed by atoms with Crippen LogP contribution in [0.25, 0.3) is 0 Å². The fourth-order valence-electron chi connectivity index (χ4n) is 1.87. The molecule has 0 radical (unpaired) electrons. The molecule has 0 aliphatic heterocycles. The molecular formula is C13H24B2NO5P. The third kappa shape index (κ3) is 5.78. The molecule has 0 aliphatic carbocycles. The molecule has 1 unspecified atom stereocenters.